The number of hydrogen-bond acceptors (Lipinski definition) is 6. The molecular weight excluding hydrogens is 1050 g/mol. The fraction of sp³-hybridized carbons (Fsp3) is 0.0137. The summed E-state index contributed by atoms with van der Waals surface area (Å²) in [7, 11) is 0. The molecule has 0 saturated heterocycles. The van der Waals surface area contributed by atoms with Gasteiger partial charge in [-0.15, -0.1) is 0 Å². The first-order valence-electron chi connectivity index (χ1n) is 26.5. The lowest BCUT2D eigenvalue weighted by Gasteiger charge is -2.21. The molecular formula is C73H37F3N8. The lowest BCUT2D eigenvalue weighted by atomic mass is 9.92. The predicted molar refractivity (Wildman–Crippen MR) is 321 cm³/mol. The van der Waals surface area contributed by atoms with E-state index in [9.17, 15) is 31.6 Å². The van der Waals surface area contributed by atoms with Gasteiger partial charge in [0.15, 0.2) is 0 Å². The first-order valence-corrected chi connectivity index (χ1v) is 26.5. The number of alkyl halides is 3. The van der Waals surface area contributed by atoms with Crippen LogP contribution >= 0.6 is 0 Å². The van der Waals surface area contributed by atoms with E-state index in [2.05, 4.69) is 63.7 Å². The van der Waals surface area contributed by atoms with Crippen molar-refractivity contribution in [3.63, 3.8) is 0 Å². The van der Waals surface area contributed by atoms with Gasteiger partial charge in [0.05, 0.1) is 109 Å². The maximum absolute atomic E-state index is 15.3. The highest BCUT2D eigenvalue weighted by Gasteiger charge is 2.35. The lowest BCUT2D eigenvalue weighted by Crippen LogP contribution is -2.08. The second-order valence-corrected chi connectivity index (χ2v) is 20.3. The van der Waals surface area contributed by atoms with Crippen molar-refractivity contribution in [2.24, 2.45) is 0 Å². The number of rotatable bonds is 8. The van der Waals surface area contributed by atoms with Crippen LogP contribution in [0, 0.1) is 68.0 Å². The Morgan fingerprint density at radius 3 is 0.857 bits per heavy atom. The average Bonchev–Trinajstić information content (AvgIpc) is 2.33. The van der Waals surface area contributed by atoms with Crippen molar-refractivity contribution in [1.82, 2.24) is 9.13 Å². The van der Waals surface area contributed by atoms with E-state index in [4.69, 9.17) is 0 Å². The summed E-state index contributed by atoms with van der Waals surface area (Å²) in [5.74, 6) is 0. The third-order valence-electron chi connectivity index (χ3n) is 15.6. The lowest BCUT2D eigenvalue weighted by molar-refractivity contribution is -0.137. The highest BCUT2D eigenvalue weighted by atomic mass is 19.4. The molecule has 0 saturated carbocycles. The number of aromatic nitrogens is 2. The molecule has 390 valence electrons. The van der Waals surface area contributed by atoms with Crippen LogP contribution in [0.4, 0.5) is 13.2 Å². The quantitative estimate of drug-likeness (QED) is 0.148. The summed E-state index contributed by atoms with van der Waals surface area (Å²) >= 11 is 0. The minimum Gasteiger partial charge on any atom is -0.309 e. The van der Waals surface area contributed by atoms with E-state index in [1.807, 2.05) is 115 Å². The Bertz CT molecular complexity index is 4930. The number of fused-ring (bicyclic) bond motifs is 6. The first-order chi connectivity index (χ1) is 40.9. The van der Waals surface area contributed by atoms with Crippen LogP contribution in [0.5, 0.6) is 0 Å². The number of nitriles is 6. The summed E-state index contributed by atoms with van der Waals surface area (Å²) < 4.78 is 50.1. The van der Waals surface area contributed by atoms with E-state index in [-0.39, 0.29) is 16.7 Å². The van der Waals surface area contributed by atoms with Crippen molar-refractivity contribution < 1.29 is 13.2 Å². The first kappa shape index (κ1) is 51.2. The highest BCUT2D eigenvalue weighted by molar-refractivity contribution is 6.14. The van der Waals surface area contributed by atoms with Gasteiger partial charge in [0, 0.05) is 32.7 Å². The minimum atomic E-state index is -4.84. The van der Waals surface area contributed by atoms with Crippen molar-refractivity contribution >= 4 is 43.6 Å². The Balaban J connectivity index is 1.12. The molecule has 2 heterocycles. The molecule has 0 fully saturated rings. The molecule has 11 aromatic carbocycles. The maximum Gasteiger partial charge on any atom is 0.417 e. The third kappa shape index (κ3) is 8.87. The molecule has 2 aromatic heterocycles. The second-order valence-electron chi connectivity index (χ2n) is 20.3. The van der Waals surface area contributed by atoms with Gasteiger partial charge in [-0.25, -0.2) is 0 Å². The summed E-state index contributed by atoms with van der Waals surface area (Å²) in [4.78, 5) is 0. The summed E-state index contributed by atoms with van der Waals surface area (Å²) in [5, 5.41) is 62.6. The Morgan fingerprint density at radius 2 is 0.524 bits per heavy atom. The topological polar surface area (TPSA) is 153 Å². The third-order valence-corrected chi connectivity index (χ3v) is 15.6. The highest BCUT2D eigenvalue weighted by Crippen LogP contribution is 2.47. The number of benzene rings is 11. The molecule has 0 amide bonds. The van der Waals surface area contributed by atoms with Crippen LogP contribution in [-0.2, 0) is 6.18 Å². The zero-order valence-electron chi connectivity index (χ0n) is 44.1. The maximum atomic E-state index is 15.3. The Labute approximate surface area is 479 Å². The van der Waals surface area contributed by atoms with Crippen LogP contribution in [0.3, 0.4) is 0 Å². The van der Waals surface area contributed by atoms with E-state index in [0.717, 1.165) is 94.2 Å². The van der Waals surface area contributed by atoms with Gasteiger partial charge < -0.3 is 9.13 Å². The molecule has 13 aromatic rings. The summed E-state index contributed by atoms with van der Waals surface area (Å²) in [6.07, 6.45) is -4.84. The van der Waals surface area contributed by atoms with E-state index < -0.39 is 11.7 Å². The Hall–Kier alpha value is -12.3. The van der Waals surface area contributed by atoms with E-state index in [1.165, 1.54) is 12.1 Å². The molecule has 0 bridgehead atoms. The number of nitrogens with zero attached hydrogens (tertiary/aromatic N) is 8. The fourth-order valence-electron chi connectivity index (χ4n) is 11.5. The molecule has 0 spiro atoms. The summed E-state index contributed by atoms with van der Waals surface area (Å²) in [5.41, 5.74) is 13.7. The van der Waals surface area contributed by atoms with Crippen LogP contribution in [0.1, 0.15) is 38.9 Å². The molecule has 0 aliphatic rings. The zero-order chi connectivity index (χ0) is 57.8. The van der Waals surface area contributed by atoms with Crippen molar-refractivity contribution in [3.8, 4) is 115 Å². The van der Waals surface area contributed by atoms with Crippen molar-refractivity contribution in [2.75, 3.05) is 0 Å². The predicted octanol–water partition coefficient (Wildman–Crippen LogP) is 18.1. The zero-order valence-corrected chi connectivity index (χ0v) is 44.1. The van der Waals surface area contributed by atoms with Gasteiger partial charge in [-0.2, -0.15) is 44.7 Å². The Morgan fingerprint density at radius 1 is 0.250 bits per heavy atom. The number of halogens is 3. The molecule has 0 aliphatic carbocycles. The van der Waals surface area contributed by atoms with Crippen molar-refractivity contribution in [3.05, 3.63) is 263 Å². The summed E-state index contributed by atoms with van der Waals surface area (Å²) in [6, 6.07) is 81.0. The molecule has 11 heteroatoms. The molecule has 0 unspecified atom stereocenters. The minimum absolute atomic E-state index is 0.142. The van der Waals surface area contributed by atoms with Crippen LogP contribution in [0.2, 0.25) is 0 Å². The molecule has 0 radical (unpaired) electrons. The van der Waals surface area contributed by atoms with Crippen LogP contribution in [0.15, 0.2) is 224 Å². The van der Waals surface area contributed by atoms with Crippen LogP contribution in [-0.4, -0.2) is 9.13 Å². The van der Waals surface area contributed by atoms with Crippen molar-refractivity contribution in [1.29, 1.82) is 31.6 Å². The SMILES string of the molecule is N#Cc1ccc(-c2ccc3c(c2)c2cc(-c4ccc(C#N)cc4)ccc2n3-c2ccc(C#N)cc2-c2cc(-c3ccc(C#N)cc3C(F)(F)F)ccc2-n2c3ccc(-c4ccc(C#N)cc4)cc3c3cc(-c4ccc(C#N)cc4)ccc32)cc1. The monoisotopic (exact) mass is 1080 g/mol. The van der Waals surface area contributed by atoms with E-state index in [0.29, 0.717) is 50.3 Å². The van der Waals surface area contributed by atoms with Gasteiger partial charge in [0.1, 0.15) is 0 Å². The van der Waals surface area contributed by atoms with Gasteiger partial charge >= 0.3 is 6.18 Å². The van der Waals surface area contributed by atoms with Crippen molar-refractivity contribution in [2.45, 2.75) is 6.18 Å². The molecule has 84 heavy (non-hydrogen) atoms. The van der Waals surface area contributed by atoms with Crippen LogP contribution < -0.4 is 0 Å². The van der Waals surface area contributed by atoms with E-state index >= 15 is 13.2 Å². The fourth-order valence-corrected chi connectivity index (χ4v) is 11.5. The van der Waals surface area contributed by atoms with Gasteiger partial charge in [-0.1, -0.05) is 84.9 Å². The molecule has 13 rings (SSSR count). The molecule has 8 nitrogen and oxygen atoms in total. The average molecular weight is 1080 g/mol. The molecule has 0 aliphatic heterocycles. The van der Waals surface area contributed by atoms with Gasteiger partial charge in [-0.05, 0) is 195 Å². The largest absolute Gasteiger partial charge is 0.417 e. The smallest absolute Gasteiger partial charge is 0.309 e. The molecule has 0 N–H and O–H groups in total. The second kappa shape index (κ2) is 20.4. The standard InChI is InChI=1S/C73H37F3N8/c74-73(75,76)66-32-49(43-82)9-24-59(66)58-23-30-72(84-70-28-21-56(52-15-5-46(40-79)6-16-52)35-63(70)64-36-57(22-29-71(64)84)53-17-7-47(41-80)8-18-53)65(37-58)60-31-48(42-81)10-25-67(60)83-68-26-19-54(50-11-1-44(38-77)2-12-50)33-61(68)62-34-55(20-27-69(62)83)51-13-3-45(39-78)4-14-51/h1-37H. The Kier molecular flexibility index (Phi) is 12.5. The number of hydrogen-bond donors (Lipinski definition) is 0. The van der Waals surface area contributed by atoms with Gasteiger partial charge in [0.2, 0.25) is 0 Å². The van der Waals surface area contributed by atoms with Gasteiger partial charge in [-0.3, -0.25) is 0 Å². The van der Waals surface area contributed by atoms with E-state index in [1.54, 1.807) is 72.8 Å². The normalized spacial score (nSPS) is 11.2. The molecule has 0 atom stereocenters. The summed E-state index contributed by atoms with van der Waals surface area (Å²) in [6.45, 7) is 0. The van der Waals surface area contributed by atoms with Crippen LogP contribution in [0.25, 0.3) is 122 Å². The van der Waals surface area contributed by atoms with Gasteiger partial charge in [0.25, 0.3) is 0 Å².